The highest BCUT2D eigenvalue weighted by Crippen LogP contribution is 2.30. The molecule has 1 amide bonds. The first-order valence-corrected chi connectivity index (χ1v) is 10.1. The van der Waals surface area contributed by atoms with E-state index >= 15 is 0 Å². The summed E-state index contributed by atoms with van der Waals surface area (Å²) in [4.78, 5) is 28.0. The number of fused-ring (bicyclic) bond motifs is 1. The minimum Gasteiger partial charge on any atom is -0.361 e. The molecular weight excluding hydrogens is 394 g/mol. The van der Waals surface area contributed by atoms with Crippen molar-refractivity contribution in [1.29, 1.82) is 0 Å². The maximum Gasteiger partial charge on any atom is 0.255 e. The first-order valence-electron chi connectivity index (χ1n) is 8.94. The van der Waals surface area contributed by atoms with Gasteiger partial charge in [0.25, 0.3) is 5.91 Å². The van der Waals surface area contributed by atoms with Crippen molar-refractivity contribution in [3.63, 3.8) is 0 Å². The van der Waals surface area contributed by atoms with Crippen LogP contribution in [-0.2, 0) is 4.79 Å². The number of para-hydroxylation sites is 1. The Kier molecular flexibility index (Phi) is 6.01. The Bertz CT molecular complexity index is 1010. The number of benzene rings is 2. The van der Waals surface area contributed by atoms with Gasteiger partial charge in [0.05, 0.1) is 20.9 Å². The Morgan fingerprint density at radius 3 is 2.79 bits per heavy atom. The second-order valence-corrected chi connectivity index (χ2v) is 8.91. The van der Waals surface area contributed by atoms with Gasteiger partial charge in [-0.15, -0.1) is 0 Å². The number of nitrogens with zero attached hydrogens (tertiary/aromatic N) is 1. The highest BCUT2D eigenvalue weighted by atomic mass is 35.5. The highest BCUT2D eigenvalue weighted by Gasteiger charge is 2.18. The average molecular weight is 416 g/mol. The fourth-order valence-electron chi connectivity index (χ4n) is 2.73. The molecule has 2 aromatic carbocycles. The zero-order valence-corrected chi connectivity index (χ0v) is 17.6. The van der Waals surface area contributed by atoms with Crippen molar-refractivity contribution >= 4 is 56.2 Å². The van der Waals surface area contributed by atoms with Crippen LogP contribution < -0.4 is 10.6 Å². The average Bonchev–Trinajstić information content (AvgIpc) is 3.05. The van der Waals surface area contributed by atoms with E-state index in [2.05, 4.69) is 15.6 Å². The molecule has 7 heteroatoms. The Labute approximate surface area is 173 Å². The highest BCUT2D eigenvalue weighted by molar-refractivity contribution is 7.22. The Balaban J connectivity index is 1.77. The van der Waals surface area contributed by atoms with Gasteiger partial charge in [0.15, 0.2) is 5.13 Å². The molecule has 0 fully saturated rings. The van der Waals surface area contributed by atoms with Crippen LogP contribution >= 0.6 is 22.9 Å². The van der Waals surface area contributed by atoms with Crippen molar-refractivity contribution in [2.75, 3.05) is 17.2 Å². The van der Waals surface area contributed by atoms with E-state index in [1.807, 2.05) is 45.0 Å². The zero-order chi connectivity index (χ0) is 20.3. The first-order chi connectivity index (χ1) is 13.3. The molecule has 0 saturated carbocycles. The SMILES string of the molecule is Cc1cccc(Cl)c1NC(=O)c1ccc2nc(NCC(C)(C)CC=O)sc2c1. The van der Waals surface area contributed by atoms with Gasteiger partial charge in [-0.25, -0.2) is 4.98 Å². The second-order valence-electron chi connectivity index (χ2n) is 7.48. The zero-order valence-electron chi connectivity index (χ0n) is 16.0. The minimum atomic E-state index is -0.215. The predicted octanol–water partition coefficient (Wildman–Crippen LogP) is 5.54. The van der Waals surface area contributed by atoms with E-state index in [9.17, 15) is 9.59 Å². The number of thiazole rings is 1. The molecule has 0 aliphatic carbocycles. The summed E-state index contributed by atoms with van der Waals surface area (Å²) in [5.74, 6) is -0.215. The van der Waals surface area contributed by atoms with E-state index < -0.39 is 0 Å². The molecule has 0 radical (unpaired) electrons. The fraction of sp³-hybridized carbons (Fsp3) is 0.286. The van der Waals surface area contributed by atoms with Crippen molar-refractivity contribution in [1.82, 2.24) is 4.98 Å². The van der Waals surface area contributed by atoms with Crippen LogP contribution in [0.25, 0.3) is 10.2 Å². The number of carbonyl (C=O) groups excluding carboxylic acids is 2. The fourth-order valence-corrected chi connectivity index (χ4v) is 3.90. The van der Waals surface area contributed by atoms with Crippen LogP contribution in [0.1, 0.15) is 36.2 Å². The van der Waals surface area contributed by atoms with E-state index in [0.29, 0.717) is 29.2 Å². The summed E-state index contributed by atoms with van der Waals surface area (Å²) in [5.41, 5.74) is 2.76. The van der Waals surface area contributed by atoms with E-state index in [1.54, 1.807) is 12.1 Å². The lowest BCUT2D eigenvalue weighted by Crippen LogP contribution is -2.23. The monoisotopic (exact) mass is 415 g/mol. The molecule has 28 heavy (non-hydrogen) atoms. The van der Waals surface area contributed by atoms with Crippen molar-refractivity contribution in [2.24, 2.45) is 5.41 Å². The van der Waals surface area contributed by atoms with Gasteiger partial charge < -0.3 is 15.4 Å². The Hall–Kier alpha value is -2.44. The Morgan fingerprint density at radius 2 is 2.07 bits per heavy atom. The van der Waals surface area contributed by atoms with Crippen LogP contribution in [-0.4, -0.2) is 23.7 Å². The summed E-state index contributed by atoms with van der Waals surface area (Å²) in [7, 11) is 0. The molecule has 1 aromatic heterocycles. The maximum absolute atomic E-state index is 12.7. The number of aromatic nitrogens is 1. The molecule has 0 saturated heterocycles. The maximum atomic E-state index is 12.7. The molecule has 146 valence electrons. The molecule has 3 aromatic rings. The normalized spacial score (nSPS) is 11.4. The number of carbonyl (C=O) groups is 2. The van der Waals surface area contributed by atoms with Gasteiger partial charge in [0.2, 0.25) is 0 Å². The van der Waals surface area contributed by atoms with Crippen LogP contribution in [0.4, 0.5) is 10.8 Å². The number of hydrogen-bond donors (Lipinski definition) is 2. The van der Waals surface area contributed by atoms with Crippen LogP contribution in [0.15, 0.2) is 36.4 Å². The molecule has 0 bridgehead atoms. The molecule has 3 rings (SSSR count). The number of anilines is 2. The summed E-state index contributed by atoms with van der Waals surface area (Å²) in [5, 5.41) is 7.47. The smallest absolute Gasteiger partial charge is 0.255 e. The van der Waals surface area contributed by atoms with E-state index in [0.717, 1.165) is 27.2 Å². The molecule has 2 N–H and O–H groups in total. The third kappa shape index (κ3) is 4.69. The number of rotatable bonds is 7. The van der Waals surface area contributed by atoms with Gasteiger partial charge in [-0.05, 0) is 42.2 Å². The molecule has 5 nitrogen and oxygen atoms in total. The standard InChI is InChI=1S/C21H22ClN3O2S/c1-13-5-4-6-15(22)18(13)25-19(27)14-7-8-16-17(11-14)28-20(24-16)23-12-21(2,3)9-10-26/h4-8,10-11H,9,12H2,1-3H3,(H,23,24)(H,25,27). The number of aryl methyl sites for hydroxylation is 1. The summed E-state index contributed by atoms with van der Waals surface area (Å²) >= 11 is 7.68. The quantitative estimate of drug-likeness (QED) is 0.497. The van der Waals surface area contributed by atoms with Gasteiger partial charge >= 0.3 is 0 Å². The molecular formula is C21H22ClN3O2S. The largest absolute Gasteiger partial charge is 0.361 e. The summed E-state index contributed by atoms with van der Waals surface area (Å²) < 4.78 is 0.916. The molecule has 0 aliphatic heterocycles. The van der Waals surface area contributed by atoms with Gasteiger partial charge in [0.1, 0.15) is 6.29 Å². The predicted molar refractivity (Wildman–Crippen MR) is 117 cm³/mol. The van der Waals surface area contributed by atoms with Crippen LogP contribution in [0.2, 0.25) is 5.02 Å². The van der Waals surface area contributed by atoms with Gasteiger partial charge in [-0.3, -0.25) is 4.79 Å². The summed E-state index contributed by atoms with van der Waals surface area (Å²) in [6, 6.07) is 10.9. The van der Waals surface area contributed by atoms with Crippen molar-refractivity contribution in [3.8, 4) is 0 Å². The summed E-state index contributed by atoms with van der Waals surface area (Å²) in [6.45, 7) is 6.60. The van der Waals surface area contributed by atoms with E-state index in [-0.39, 0.29) is 11.3 Å². The molecule has 0 atom stereocenters. The summed E-state index contributed by atoms with van der Waals surface area (Å²) in [6.07, 6.45) is 1.42. The van der Waals surface area contributed by atoms with Gasteiger partial charge in [0, 0.05) is 18.5 Å². The lowest BCUT2D eigenvalue weighted by atomic mass is 9.90. The third-order valence-electron chi connectivity index (χ3n) is 4.47. The molecule has 0 aliphatic rings. The van der Waals surface area contributed by atoms with Crippen LogP contribution in [0, 0.1) is 12.3 Å². The topological polar surface area (TPSA) is 71.1 Å². The van der Waals surface area contributed by atoms with Crippen molar-refractivity contribution in [3.05, 3.63) is 52.5 Å². The van der Waals surface area contributed by atoms with Gasteiger partial charge in [-0.1, -0.05) is 48.9 Å². The first kappa shape index (κ1) is 20.3. The number of halogens is 1. The Morgan fingerprint density at radius 1 is 1.29 bits per heavy atom. The number of hydrogen-bond acceptors (Lipinski definition) is 5. The number of nitrogens with one attached hydrogen (secondary N) is 2. The van der Waals surface area contributed by atoms with E-state index in [4.69, 9.17) is 11.6 Å². The van der Waals surface area contributed by atoms with E-state index in [1.165, 1.54) is 11.3 Å². The lowest BCUT2D eigenvalue weighted by molar-refractivity contribution is -0.109. The third-order valence-corrected chi connectivity index (χ3v) is 5.76. The number of amides is 1. The van der Waals surface area contributed by atoms with Crippen molar-refractivity contribution < 1.29 is 9.59 Å². The van der Waals surface area contributed by atoms with Crippen molar-refractivity contribution in [2.45, 2.75) is 27.2 Å². The minimum absolute atomic E-state index is 0.141. The lowest BCUT2D eigenvalue weighted by Gasteiger charge is -2.21. The second kappa shape index (κ2) is 8.29. The molecule has 0 spiro atoms. The van der Waals surface area contributed by atoms with Crippen LogP contribution in [0.3, 0.4) is 0 Å². The number of aldehydes is 1. The molecule has 1 heterocycles. The van der Waals surface area contributed by atoms with Gasteiger partial charge in [-0.2, -0.15) is 0 Å². The van der Waals surface area contributed by atoms with Crippen LogP contribution in [0.5, 0.6) is 0 Å². The molecule has 0 unspecified atom stereocenters.